The highest BCUT2D eigenvalue weighted by molar-refractivity contribution is 5.57. The van der Waals surface area contributed by atoms with Gasteiger partial charge in [0.2, 0.25) is 12.4 Å². The molecule has 0 radical (unpaired) electrons. The maximum Gasteiger partial charge on any atom is 0.228 e. The molecule has 0 amide bonds. The summed E-state index contributed by atoms with van der Waals surface area (Å²) in [5.74, 6) is 1.10. The molecule has 0 unspecified atom stereocenters. The SMILES string of the molecule is CN(C)C=Nc1ncc[nH]1.COC(OC)N(C)C.Nc1ncc[nH]1. The molecule has 10 nitrogen and oxygen atoms in total. The number of aromatic nitrogens is 4. The topological polar surface area (TPSA) is 121 Å². The predicted molar refractivity (Wildman–Crippen MR) is 94.9 cm³/mol. The Morgan fingerprint density at radius 1 is 1.08 bits per heavy atom. The van der Waals surface area contributed by atoms with E-state index in [0.717, 1.165) is 0 Å². The van der Waals surface area contributed by atoms with E-state index in [2.05, 4.69) is 24.9 Å². The van der Waals surface area contributed by atoms with E-state index in [9.17, 15) is 0 Å². The van der Waals surface area contributed by atoms with Crippen LogP contribution in [0.2, 0.25) is 0 Å². The summed E-state index contributed by atoms with van der Waals surface area (Å²) in [4.78, 5) is 20.8. The number of ether oxygens (including phenoxy) is 2. The molecule has 0 aliphatic rings. The number of aromatic amines is 2. The standard InChI is InChI=1S/C6H10N4.C5H13NO2.C3H5N3/c1-10(2)5-9-6-7-3-4-8-6;1-6(2)5(7-3)8-4;4-3-5-1-2-6-3/h3-5H,1-2H3,(H,7,8);5H,1-4H3;1-2H,(H3,4,5,6). The Hall–Kier alpha value is -2.43. The molecule has 2 heterocycles. The molecule has 0 aromatic carbocycles. The molecule has 2 aromatic heterocycles. The van der Waals surface area contributed by atoms with Gasteiger partial charge < -0.3 is 30.1 Å². The lowest BCUT2D eigenvalue weighted by atomic mass is 10.9. The van der Waals surface area contributed by atoms with E-state index in [1.54, 1.807) is 45.3 Å². The molecule has 24 heavy (non-hydrogen) atoms. The third-order valence-corrected chi connectivity index (χ3v) is 2.24. The summed E-state index contributed by atoms with van der Waals surface area (Å²) in [5, 5.41) is 0. The van der Waals surface area contributed by atoms with Crippen molar-refractivity contribution in [3.05, 3.63) is 24.8 Å². The molecule has 0 bridgehead atoms. The Morgan fingerprint density at radius 2 is 1.67 bits per heavy atom. The van der Waals surface area contributed by atoms with Crippen LogP contribution < -0.4 is 5.73 Å². The van der Waals surface area contributed by atoms with Gasteiger partial charge >= 0.3 is 0 Å². The Kier molecular flexibility index (Phi) is 11.7. The number of hydrogen-bond acceptors (Lipinski definition) is 7. The molecule has 0 saturated carbocycles. The molecule has 0 fully saturated rings. The number of imidazole rings is 2. The summed E-state index contributed by atoms with van der Waals surface area (Å²) in [5.41, 5.74) is 5.11. The zero-order valence-electron chi connectivity index (χ0n) is 15.1. The number of nitrogens with one attached hydrogen (secondary N) is 2. The number of H-pyrrole nitrogens is 2. The first-order valence-corrected chi connectivity index (χ1v) is 7.07. The summed E-state index contributed by atoms with van der Waals surface area (Å²) >= 11 is 0. The van der Waals surface area contributed by atoms with Gasteiger partial charge in [-0.1, -0.05) is 0 Å². The summed E-state index contributed by atoms with van der Waals surface area (Å²) in [6.45, 7) is 0. The lowest BCUT2D eigenvalue weighted by Crippen LogP contribution is -2.30. The summed E-state index contributed by atoms with van der Waals surface area (Å²) in [6.07, 6.45) is 8.17. The Bertz CT molecular complexity index is 507. The zero-order chi connectivity index (χ0) is 18.4. The Labute approximate surface area is 142 Å². The minimum absolute atomic E-state index is 0.213. The van der Waals surface area contributed by atoms with Gasteiger partial charge in [0.05, 0.1) is 6.34 Å². The summed E-state index contributed by atoms with van der Waals surface area (Å²) < 4.78 is 9.73. The van der Waals surface area contributed by atoms with Crippen molar-refractivity contribution in [1.29, 1.82) is 0 Å². The van der Waals surface area contributed by atoms with E-state index in [1.165, 1.54) is 0 Å². The first-order valence-electron chi connectivity index (χ1n) is 7.07. The lowest BCUT2D eigenvalue weighted by molar-refractivity contribution is -0.179. The fourth-order valence-corrected chi connectivity index (χ4v) is 1.29. The summed E-state index contributed by atoms with van der Waals surface area (Å²) in [7, 11) is 10.8. The van der Waals surface area contributed by atoms with E-state index in [1.807, 2.05) is 38.0 Å². The smallest absolute Gasteiger partial charge is 0.228 e. The number of rotatable bonds is 5. The molecule has 4 N–H and O–H groups in total. The normalized spacial score (nSPS) is 10.3. The van der Waals surface area contributed by atoms with Gasteiger partial charge in [0.1, 0.15) is 0 Å². The quantitative estimate of drug-likeness (QED) is 0.417. The molecule has 0 atom stereocenters. The zero-order valence-corrected chi connectivity index (χ0v) is 15.1. The maximum atomic E-state index is 5.11. The number of nitrogens with zero attached hydrogens (tertiary/aromatic N) is 5. The first-order chi connectivity index (χ1) is 11.4. The van der Waals surface area contributed by atoms with Crippen molar-refractivity contribution >= 4 is 18.2 Å². The van der Waals surface area contributed by atoms with Gasteiger partial charge in [-0.2, -0.15) is 0 Å². The van der Waals surface area contributed by atoms with Gasteiger partial charge in [0.25, 0.3) is 0 Å². The lowest BCUT2D eigenvalue weighted by Gasteiger charge is -2.19. The third-order valence-electron chi connectivity index (χ3n) is 2.24. The van der Waals surface area contributed by atoms with Crippen molar-refractivity contribution in [2.75, 3.05) is 48.1 Å². The number of aliphatic imine (C=N–C) groups is 1. The van der Waals surface area contributed by atoms with Crippen molar-refractivity contribution in [3.8, 4) is 0 Å². The van der Waals surface area contributed by atoms with Crippen molar-refractivity contribution in [1.82, 2.24) is 29.7 Å². The van der Waals surface area contributed by atoms with Crippen LogP contribution in [-0.4, -0.2) is 84.9 Å². The second kappa shape index (κ2) is 13.0. The van der Waals surface area contributed by atoms with Crippen LogP contribution in [0.15, 0.2) is 29.8 Å². The number of nitrogens with two attached hydrogens (primary N) is 1. The molecule has 0 spiro atoms. The Morgan fingerprint density at radius 3 is 1.92 bits per heavy atom. The number of hydrogen-bond donors (Lipinski definition) is 3. The molecule has 2 rings (SSSR count). The second-order valence-electron chi connectivity index (χ2n) is 4.84. The van der Waals surface area contributed by atoms with Crippen LogP contribution in [0.5, 0.6) is 0 Å². The van der Waals surface area contributed by atoms with Gasteiger partial charge in [-0.05, 0) is 14.1 Å². The molecular formula is C14H28N8O2. The molecule has 0 saturated heterocycles. The second-order valence-corrected chi connectivity index (χ2v) is 4.84. The average Bonchev–Trinajstić information content (AvgIpc) is 3.20. The molecular weight excluding hydrogens is 312 g/mol. The number of nitrogen functional groups attached to an aromatic ring is 1. The number of methoxy groups -OCH3 is 2. The van der Waals surface area contributed by atoms with E-state index in [0.29, 0.717) is 11.9 Å². The highest BCUT2D eigenvalue weighted by Gasteiger charge is 2.04. The third kappa shape index (κ3) is 11.2. The van der Waals surface area contributed by atoms with E-state index >= 15 is 0 Å². The summed E-state index contributed by atoms with van der Waals surface area (Å²) in [6, 6.07) is 0. The van der Waals surface area contributed by atoms with Gasteiger partial charge in [-0.25, -0.2) is 15.0 Å². The molecule has 10 heteroatoms. The highest BCUT2D eigenvalue weighted by Crippen LogP contribution is 1.98. The average molecular weight is 340 g/mol. The van der Waals surface area contributed by atoms with Crippen molar-refractivity contribution < 1.29 is 9.47 Å². The van der Waals surface area contributed by atoms with Gasteiger partial charge in [0, 0.05) is 53.1 Å². The minimum atomic E-state index is -0.213. The van der Waals surface area contributed by atoms with Crippen LogP contribution >= 0.6 is 0 Å². The van der Waals surface area contributed by atoms with Gasteiger partial charge in [-0.3, -0.25) is 4.90 Å². The molecule has 0 aliphatic heterocycles. The Balaban J connectivity index is 0.000000342. The minimum Gasteiger partial charge on any atom is -0.369 e. The van der Waals surface area contributed by atoms with E-state index < -0.39 is 0 Å². The van der Waals surface area contributed by atoms with Crippen molar-refractivity contribution in [3.63, 3.8) is 0 Å². The monoisotopic (exact) mass is 340 g/mol. The van der Waals surface area contributed by atoms with Gasteiger partial charge in [-0.15, -0.1) is 0 Å². The van der Waals surface area contributed by atoms with Crippen molar-refractivity contribution in [2.45, 2.75) is 6.41 Å². The largest absolute Gasteiger partial charge is 0.369 e. The predicted octanol–water partition coefficient (Wildman–Crippen LogP) is 0.747. The van der Waals surface area contributed by atoms with Crippen molar-refractivity contribution in [2.24, 2.45) is 4.99 Å². The number of anilines is 1. The highest BCUT2D eigenvalue weighted by atomic mass is 16.7. The molecule has 0 aliphatic carbocycles. The fraction of sp³-hybridized carbons (Fsp3) is 0.500. The van der Waals surface area contributed by atoms with Crippen LogP contribution in [0.4, 0.5) is 11.9 Å². The van der Waals surface area contributed by atoms with Crippen LogP contribution in [0, 0.1) is 0 Å². The van der Waals surface area contributed by atoms with Crippen LogP contribution in [0.1, 0.15) is 0 Å². The first kappa shape index (κ1) is 21.6. The van der Waals surface area contributed by atoms with Crippen LogP contribution in [0.25, 0.3) is 0 Å². The maximum absolute atomic E-state index is 5.11. The van der Waals surface area contributed by atoms with Crippen LogP contribution in [0.3, 0.4) is 0 Å². The molecule has 2 aromatic rings. The van der Waals surface area contributed by atoms with Gasteiger partial charge in [0.15, 0.2) is 5.95 Å². The van der Waals surface area contributed by atoms with Crippen LogP contribution in [-0.2, 0) is 9.47 Å². The van der Waals surface area contributed by atoms with E-state index in [4.69, 9.17) is 15.2 Å². The fourth-order valence-electron chi connectivity index (χ4n) is 1.29. The molecule has 136 valence electrons. The van der Waals surface area contributed by atoms with E-state index in [-0.39, 0.29) is 6.41 Å².